The van der Waals surface area contributed by atoms with Gasteiger partial charge in [-0.2, -0.15) is 0 Å². The highest BCUT2D eigenvalue weighted by molar-refractivity contribution is 5.79. The second-order valence-corrected chi connectivity index (χ2v) is 10.4. The molecule has 1 aliphatic rings. The van der Waals surface area contributed by atoms with Gasteiger partial charge in [0.2, 0.25) is 0 Å². The zero-order valence-electron chi connectivity index (χ0n) is 23.4. The van der Waals surface area contributed by atoms with E-state index in [1.165, 1.54) is 22.3 Å². The van der Waals surface area contributed by atoms with Crippen LogP contribution in [0.3, 0.4) is 0 Å². The van der Waals surface area contributed by atoms with Crippen LogP contribution in [0.1, 0.15) is 76.3 Å². The Hall–Kier alpha value is -4.08. The minimum absolute atomic E-state index is 0.0514. The van der Waals surface area contributed by atoms with Crippen LogP contribution in [0.4, 0.5) is 9.59 Å². The number of alkyl carbamates (subject to hydrolysis) is 2. The smallest absolute Gasteiger partial charge is 0.407 e. The predicted octanol–water partition coefficient (Wildman–Crippen LogP) is 5.55. The van der Waals surface area contributed by atoms with Crippen molar-refractivity contribution in [2.24, 2.45) is 0 Å². The fourth-order valence-corrected chi connectivity index (χ4v) is 4.16. The number of carboxylic acids is 2. The van der Waals surface area contributed by atoms with Crippen LogP contribution in [0.2, 0.25) is 0 Å². The quantitative estimate of drug-likeness (QED) is 0.249. The maximum absolute atomic E-state index is 11.9. The van der Waals surface area contributed by atoms with Crippen molar-refractivity contribution in [1.29, 1.82) is 0 Å². The molecule has 40 heavy (non-hydrogen) atoms. The summed E-state index contributed by atoms with van der Waals surface area (Å²) in [6.45, 7) is 6.42. The number of unbranched alkanes of at least 4 members (excludes halogenated alkanes) is 2. The standard InChI is InChI=1S/C21H23NO4.C9H17NO4/c23-20(24)12-2-1-7-13-22-21(25)26-14-19-17-10-5-3-8-15(17)16-9-4-6-11-18(16)19;1-9(2,3)14-8(13)10-6-4-5-7(11)12/h3-6,8-11,19H,1-2,7,12-14H2,(H,22,25)(H,23,24);4-6H2,1-3H3,(H,10,13)(H,11,12). The van der Waals surface area contributed by atoms with E-state index >= 15 is 0 Å². The molecule has 218 valence electrons. The Morgan fingerprint density at radius 2 is 1.23 bits per heavy atom. The van der Waals surface area contributed by atoms with Crippen molar-refractivity contribution in [2.75, 3.05) is 19.7 Å². The van der Waals surface area contributed by atoms with E-state index in [1.54, 1.807) is 20.8 Å². The van der Waals surface area contributed by atoms with Crippen molar-refractivity contribution in [1.82, 2.24) is 10.6 Å². The third-order valence-electron chi connectivity index (χ3n) is 5.92. The molecular formula is C30H40N2O8. The predicted molar refractivity (Wildman–Crippen MR) is 150 cm³/mol. The second-order valence-electron chi connectivity index (χ2n) is 10.4. The van der Waals surface area contributed by atoms with Crippen LogP contribution in [0.15, 0.2) is 48.5 Å². The minimum atomic E-state index is -0.865. The minimum Gasteiger partial charge on any atom is -0.481 e. The maximum Gasteiger partial charge on any atom is 0.407 e. The van der Waals surface area contributed by atoms with Crippen molar-refractivity contribution in [3.05, 3.63) is 59.7 Å². The molecular weight excluding hydrogens is 516 g/mol. The molecule has 2 aromatic carbocycles. The van der Waals surface area contributed by atoms with Crippen LogP contribution in [0.5, 0.6) is 0 Å². The molecule has 0 saturated heterocycles. The van der Waals surface area contributed by atoms with Gasteiger partial charge in [0, 0.05) is 31.8 Å². The molecule has 10 heteroatoms. The molecule has 0 saturated carbocycles. The first-order valence-corrected chi connectivity index (χ1v) is 13.5. The third-order valence-corrected chi connectivity index (χ3v) is 5.92. The summed E-state index contributed by atoms with van der Waals surface area (Å²) in [7, 11) is 0. The third kappa shape index (κ3) is 11.8. The Kier molecular flexibility index (Phi) is 13.0. The van der Waals surface area contributed by atoms with Gasteiger partial charge >= 0.3 is 24.1 Å². The number of hydrogen-bond donors (Lipinski definition) is 4. The van der Waals surface area contributed by atoms with Gasteiger partial charge in [-0.15, -0.1) is 0 Å². The number of hydrogen-bond acceptors (Lipinski definition) is 6. The Morgan fingerprint density at radius 1 is 0.725 bits per heavy atom. The molecule has 0 aliphatic heterocycles. The molecule has 0 spiro atoms. The molecule has 3 rings (SSSR count). The van der Waals surface area contributed by atoms with Crippen molar-refractivity contribution >= 4 is 24.1 Å². The van der Waals surface area contributed by atoms with E-state index in [-0.39, 0.29) is 18.8 Å². The Labute approximate surface area is 235 Å². The average Bonchev–Trinajstić information content (AvgIpc) is 3.20. The summed E-state index contributed by atoms with van der Waals surface area (Å²) in [5, 5.41) is 22.1. The molecule has 10 nitrogen and oxygen atoms in total. The van der Waals surface area contributed by atoms with Crippen molar-refractivity contribution in [3.8, 4) is 11.1 Å². The number of rotatable bonds is 12. The van der Waals surface area contributed by atoms with Gasteiger partial charge in [-0.05, 0) is 62.3 Å². The number of amides is 2. The van der Waals surface area contributed by atoms with E-state index in [0.29, 0.717) is 32.5 Å². The molecule has 4 N–H and O–H groups in total. The monoisotopic (exact) mass is 556 g/mol. The van der Waals surface area contributed by atoms with Crippen LogP contribution < -0.4 is 10.6 Å². The molecule has 0 fully saturated rings. The van der Waals surface area contributed by atoms with Crippen molar-refractivity contribution < 1.29 is 38.9 Å². The first-order valence-electron chi connectivity index (χ1n) is 13.5. The molecule has 0 radical (unpaired) electrons. The van der Waals surface area contributed by atoms with Crippen LogP contribution in [-0.2, 0) is 19.1 Å². The molecule has 0 aromatic heterocycles. The summed E-state index contributed by atoms with van der Waals surface area (Å²) in [4.78, 5) is 43.5. The number of benzene rings is 2. The number of nitrogens with one attached hydrogen (secondary N) is 2. The number of ether oxygens (including phenoxy) is 2. The second kappa shape index (κ2) is 16.1. The van der Waals surface area contributed by atoms with Crippen LogP contribution >= 0.6 is 0 Å². The highest BCUT2D eigenvalue weighted by Gasteiger charge is 2.28. The topological polar surface area (TPSA) is 151 Å². The highest BCUT2D eigenvalue weighted by Crippen LogP contribution is 2.44. The van der Waals surface area contributed by atoms with E-state index in [9.17, 15) is 19.2 Å². The number of fused-ring (bicyclic) bond motifs is 3. The van der Waals surface area contributed by atoms with Gasteiger partial charge in [0.25, 0.3) is 0 Å². The number of carbonyl (C=O) groups is 4. The zero-order chi connectivity index (χ0) is 29.5. The van der Waals surface area contributed by atoms with E-state index in [4.69, 9.17) is 19.7 Å². The fourth-order valence-electron chi connectivity index (χ4n) is 4.16. The lowest BCUT2D eigenvalue weighted by Gasteiger charge is -2.19. The summed E-state index contributed by atoms with van der Waals surface area (Å²) in [5.74, 6) is -1.59. The number of carboxylic acid groups (broad SMARTS) is 2. The molecule has 2 aromatic rings. The summed E-state index contributed by atoms with van der Waals surface area (Å²) in [5.41, 5.74) is 4.27. The molecule has 2 amide bonds. The molecule has 0 bridgehead atoms. The molecule has 0 unspecified atom stereocenters. The van der Waals surface area contributed by atoms with Crippen LogP contribution in [0.25, 0.3) is 11.1 Å². The average molecular weight is 557 g/mol. The van der Waals surface area contributed by atoms with E-state index in [2.05, 4.69) is 34.9 Å². The maximum atomic E-state index is 11.9. The normalized spacial score (nSPS) is 11.8. The van der Waals surface area contributed by atoms with Crippen LogP contribution in [0, 0.1) is 0 Å². The fraction of sp³-hybridized carbons (Fsp3) is 0.467. The van der Waals surface area contributed by atoms with E-state index in [0.717, 1.165) is 12.8 Å². The zero-order valence-corrected chi connectivity index (χ0v) is 23.4. The number of aliphatic carboxylic acids is 2. The first-order chi connectivity index (χ1) is 19.0. The number of carbonyl (C=O) groups excluding carboxylic acids is 2. The Bertz CT molecular complexity index is 1100. The van der Waals surface area contributed by atoms with Gasteiger partial charge in [0.15, 0.2) is 0 Å². The lowest BCUT2D eigenvalue weighted by Crippen LogP contribution is -2.33. The lowest BCUT2D eigenvalue weighted by molar-refractivity contribution is -0.138. The summed E-state index contributed by atoms with van der Waals surface area (Å²) >= 11 is 0. The first kappa shape index (κ1) is 32.1. The van der Waals surface area contributed by atoms with E-state index < -0.39 is 29.7 Å². The molecule has 0 heterocycles. The van der Waals surface area contributed by atoms with Gasteiger partial charge in [0.1, 0.15) is 12.2 Å². The van der Waals surface area contributed by atoms with Gasteiger partial charge in [-0.3, -0.25) is 9.59 Å². The van der Waals surface area contributed by atoms with Gasteiger partial charge in [-0.1, -0.05) is 55.0 Å². The summed E-state index contributed by atoms with van der Waals surface area (Å²) in [6, 6.07) is 16.4. The molecule has 0 atom stereocenters. The Morgan fingerprint density at radius 3 is 1.77 bits per heavy atom. The lowest BCUT2D eigenvalue weighted by atomic mass is 9.98. The van der Waals surface area contributed by atoms with Gasteiger partial charge < -0.3 is 30.3 Å². The van der Waals surface area contributed by atoms with Crippen molar-refractivity contribution in [2.45, 2.75) is 70.8 Å². The van der Waals surface area contributed by atoms with Crippen LogP contribution in [-0.4, -0.2) is 59.6 Å². The largest absolute Gasteiger partial charge is 0.481 e. The Balaban J connectivity index is 0.000000342. The molecule has 1 aliphatic carbocycles. The van der Waals surface area contributed by atoms with Gasteiger partial charge in [0.05, 0.1) is 0 Å². The summed E-state index contributed by atoms with van der Waals surface area (Å²) in [6.07, 6.45) is 1.85. The highest BCUT2D eigenvalue weighted by atomic mass is 16.6. The SMILES string of the molecule is CC(C)(C)OC(=O)NCCCC(=O)O.O=C(O)CCCCCNC(=O)OCC1c2ccccc2-c2ccccc21. The summed E-state index contributed by atoms with van der Waals surface area (Å²) < 4.78 is 10.4. The van der Waals surface area contributed by atoms with E-state index in [1.807, 2.05) is 24.3 Å². The van der Waals surface area contributed by atoms with Gasteiger partial charge in [-0.25, -0.2) is 9.59 Å². The van der Waals surface area contributed by atoms with Crippen molar-refractivity contribution in [3.63, 3.8) is 0 Å².